The molecule has 0 spiro atoms. The number of carboxylic acid groups (broad SMARTS) is 1. The first-order valence-corrected chi connectivity index (χ1v) is 26.5. The number of aliphatic hydroxyl groups is 2. The molecule has 2 saturated heterocycles. The van der Waals surface area contributed by atoms with Crippen LogP contribution in [0.5, 0.6) is 11.5 Å². The van der Waals surface area contributed by atoms with E-state index in [1.807, 2.05) is 9.80 Å². The number of nitrogens with zero attached hydrogens (tertiary/aromatic N) is 13. The third kappa shape index (κ3) is 12.1. The van der Waals surface area contributed by atoms with Gasteiger partial charge in [-0.05, 0) is 92.4 Å². The highest BCUT2D eigenvalue weighted by Gasteiger charge is 2.34. The summed E-state index contributed by atoms with van der Waals surface area (Å²) in [6.45, 7) is 4.53. The second-order valence-electron chi connectivity index (χ2n) is 20.0. The molecule has 1 aliphatic carbocycles. The van der Waals surface area contributed by atoms with E-state index in [4.69, 9.17) is 25.1 Å². The Morgan fingerprint density at radius 1 is 0.713 bits per heavy atom. The van der Waals surface area contributed by atoms with E-state index in [1.165, 1.54) is 35.0 Å². The number of fused-ring (bicyclic) bond motifs is 2. The topological polar surface area (TPSA) is 334 Å². The average molecular weight is 1090 g/mol. The van der Waals surface area contributed by atoms with E-state index in [9.17, 15) is 44.7 Å². The second-order valence-corrected chi connectivity index (χ2v) is 20.0. The van der Waals surface area contributed by atoms with E-state index in [-0.39, 0.29) is 90.1 Å². The molecule has 0 saturated carbocycles. The Morgan fingerprint density at radius 3 is 1.99 bits per heavy atom. The number of carbonyl (C=O) groups excluding carboxylic acids is 2. The number of benzene rings is 4. The highest BCUT2D eigenvalue weighted by molar-refractivity contribution is 6.08. The summed E-state index contributed by atoms with van der Waals surface area (Å²) in [6, 6.07) is 18.8. The molecule has 3 aliphatic heterocycles. The van der Waals surface area contributed by atoms with Gasteiger partial charge in [-0.15, -0.1) is 10.2 Å². The number of rotatable bonds is 20. The summed E-state index contributed by atoms with van der Waals surface area (Å²) in [4.78, 5) is 76.6. The van der Waals surface area contributed by atoms with E-state index in [1.54, 1.807) is 82.3 Å². The Morgan fingerprint density at radius 2 is 1.34 bits per heavy atom. The predicted octanol–water partition coefficient (Wildman–Crippen LogP) is 3.40. The molecular formula is C55H61N15O10. The van der Waals surface area contributed by atoms with Crippen molar-refractivity contribution < 1.29 is 44.3 Å². The molecule has 416 valence electrons. The average Bonchev–Trinajstić information content (AvgIpc) is 4.17. The summed E-state index contributed by atoms with van der Waals surface area (Å²) in [5.74, 6) is -0.669. The van der Waals surface area contributed by atoms with Crippen LogP contribution < -0.4 is 26.3 Å². The van der Waals surface area contributed by atoms with E-state index in [0.717, 1.165) is 12.0 Å². The molecule has 6 aromatic rings. The molecule has 3 aromatic carbocycles. The van der Waals surface area contributed by atoms with Crippen molar-refractivity contribution in [2.45, 2.75) is 63.6 Å². The normalized spacial score (nSPS) is 15.1. The fraction of sp³-hybridized carbons (Fsp3) is 0.364. The number of aromatic nitrogens is 9. The van der Waals surface area contributed by atoms with Gasteiger partial charge in [-0.1, -0.05) is 28.6 Å². The highest BCUT2D eigenvalue weighted by Crippen LogP contribution is 2.43. The van der Waals surface area contributed by atoms with Gasteiger partial charge in [-0.2, -0.15) is 15.0 Å². The molecule has 3 atom stereocenters. The Hall–Kier alpha value is -9.07. The van der Waals surface area contributed by atoms with Gasteiger partial charge in [0.15, 0.2) is 5.43 Å². The first kappa shape index (κ1) is 54.3. The number of unbranched alkanes of at least 4 members (excludes halogenated alkanes) is 1. The Labute approximate surface area is 457 Å². The van der Waals surface area contributed by atoms with E-state index >= 15 is 0 Å². The summed E-state index contributed by atoms with van der Waals surface area (Å²) < 4.78 is 9.11. The number of phenolic OH excluding ortho intramolecular Hbond substituents is 2. The zero-order valence-corrected chi connectivity index (χ0v) is 43.9. The molecule has 25 nitrogen and oxygen atoms in total. The lowest BCUT2D eigenvalue weighted by molar-refractivity contribution is -0.136. The van der Waals surface area contributed by atoms with Gasteiger partial charge in [0, 0.05) is 125 Å². The van der Waals surface area contributed by atoms with Gasteiger partial charge in [-0.3, -0.25) is 14.4 Å². The van der Waals surface area contributed by atoms with Crippen LogP contribution in [0.3, 0.4) is 0 Å². The van der Waals surface area contributed by atoms with Crippen LogP contribution in [0.4, 0.5) is 23.5 Å². The van der Waals surface area contributed by atoms with Gasteiger partial charge in [0.05, 0.1) is 23.1 Å². The standard InChI is InChI=1S/C55H61N15O10/c1-33(72)26-37-32-69(64-62-37)45(4-2-3-16-56)50(76)65-17-21-67(22-18-65)54-58-53(57-35-7-12-41(44(28-35)52(78)79)49-42-13-10-39(74)29-47(42)80-48-30-40(75)11-14-43(48)49)59-55(60-54)68-23-19-66(20-24-68)51(77)46(27-34-5-8-38(73)9-6-34)70-31-36(15-25-71)61-63-70/h5-14,28-33,45-46,71-74H,2-4,15-27,56H2,1H3,(H,78,79)(H,57,58,59,60)/t33?,45-,46-/m0/s1. The van der Waals surface area contributed by atoms with Crippen molar-refractivity contribution in [3.05, 3.63) is 124 Å². The third-order valence-electron chi connectivity index (χ3n) is 14.3. The smallest absolute Gasteiger partial charge is 0.336 e. The number of phenols is 2. The van der Waals surface area contributed by atoms with E-state index < -0.39 is 24.2 Å². The summed E-state index contributed by atoms with van der Waals surface area (Å²) in [7, 11) is 0. The number of anilines is 4. The number of hydrogen-bond acceptors (Lipinski definition) is 20. The largest absolute Gasteiger partial charge is 0.508 e. The molecule has 0 radical (unpaired) electrons. The van der Waals surface area contributed by atoms with Crippen molar-refractivity contribution in [2.24, 2.45) is 5.73 Å². The van der Waals surface area contributed by atoms with Crippen LogP contribution in [-0.4, -0.2) is 170 Å². The first-order valence-electron chi connectivity index (χ1n) is 26.5. The molecule has 1 unspecified atom stereocenters. The number of nitrogens with one attached hydrogen (secondary N) is 1. The number of amides is 2. The minimum absolute atomic E-state index is 0.0770. The number of piperazine rings is 2. The van der Waals surface area contributed by atoms with Crippen LogP contribution in [0.25, 0.3) is 33.4 Å². The maximum atomic E-state index is 14.5. The van der Waals surface area contributed by atoms with Crippen LogP contribution in [0.15, 0.2) is 100 Å². The third-order valence-corrected chi connectivity index (χ3v) is 14.3. The molecule has 2 fully saturated rings. The molecule has 6 heterocycles. The van der Waals surface area contributed by atoms with Gasteiger partial charge < -0.3 is 60.6 Å². The zero-order chi connectivity index (χ0) is 56.0. The zero-order valence-electron chi connectivity index (χ0n) is 43.9. The number of carbonyl (C=O) groups is 3. The Kier molecular flexibility index (Phi) is 16.2. The quantitative estimate of drug-likeness (QED) is 0.0425. The molecule has 2 amide bonds. The minimum atomic E-state index is -1.24. The van der Waals surface area contributed by atoms with Crippen molar-refractivity contribution in [1.82, 2.24) is 54.7 Å². The molecule has 0 bridgehead atoms. The molecule has 4 aliphatic rings. The minimum Gasteiger partial charge on any atom is -0.508 e. The highest BCUT2D eigenvalue weighted by atomic mass is 16.4. The predicted molar refractivity (Wildman–Crippen MR) is 293 cm³/mol. The number of aromatic carboxylic acids is 1. The Balaban J connectivity index is 0.940. The lowest BCUT2D eigenvalue weighted by Crippen LogP contribution is -2.52. The van der Waals surface area contributed by atoms with Crippen molar-refractivity contribution in [3.8, 4) is 33.9 Å². The lowest BCUT2D eigenvalue weighted by Gasteiger charge is -2.38. The van der Waals surface area contributed by atoms with Gasteiger partial charge >= 0.3 is 5.97 Å². The molecule has 3 aromatic heterocycles. The van der Waals surface area contributed by atoms with Gasteiger partial charge in [0.25, 0.3) is 0 Å². The Bertz CT molecular complexity index is 3530. The SMILES string of the molecule is CC(O)Cc1cn([C@@H](CCCCN)C(=O)N2CCN(c3nc(Nc4ccc(-c5c6ccc(=O)cc-6oc6cc(O)ccc56)c(C(=O)O)c4)nc(N4CCN(C(=O)[C@H](Cc5ccc(O)cc5)n5cc(CCO)nn5)CC4)n3)CC2)nn1. The summed E-state index contributed by atoms with van der Waals surface area (Å²) in [6.07, 6.45) is 5.48. The molecule has 80 heavy (non-hydrogen) atoms. The second kappa shape index (κ2) is 23.9. The van der Waals surface area contributed by atoms with E-state index in [2.05, 4.69) is 25.9 Å². The fourth-order valence-corrected chi connectivity index (χ4v) is 10.2. The summed E-state index contributed by atoms with van der Waals surface area (Å²) in [5.41, 5.74) is 9.19. The first-order chi connectivity index (χ1) is 38.7. The van der Waals surface area contributed by atoms with Gasteiger partial charge in [-0.25, -0.2) is 14.2 Å². The molecular weight excluding hydrogens is 1030 g/mol. The van der Waals surface area contributed by atoms with Crippen LogP contribution >= 0.6 is 0 Å². The summed E-state index contributed by atoms with van der Waals surface area (Å²) in [5, 5.41) is 71.3. The molecule has 8 N–H and O–H groups in total. The number of hydrogen-bond donors (Lipinski definition) is 7. The number of aromatic hydroxyl groups is 2. The summed E-state index contributed by atoms with van der Waals surface area (Å²) >= 11 is 0. The molecule has 25 heteroatoms. The maximum Gasteiger partial charge on any atom is 0.336 e. The fourth-order valence-electron chi connectivity index (χ4n) is 10.2. The lowest BCUT2D eigenvalue weighted by atomic mass is 9.90. The van der Waals surface area contributed by atoms with Crippen LogP contribution in [0, 0.1) is 0 Å². The van der Waals surface area contributed by atoms with Crippen LogP contribution in [0.1, 0.15) is 65.6 Å². The van der Waals surface area contributed by atoms with Crippen molar-refractivity contribution in [3.63, 3.8) is 0 Å². The number of aliphatic hydroxyl groups excluding tert-OH is 2. The van der Waals surface area contributed by atoms with Crippen molar-refractivity contribution >= 4 is 52.3 Å². The molecule has 10 rings (SSSR count). The van der Waals surface area contributed by atoms with Crippen molar-refractivity contribution in [2.75, 3.05) is 80.6 Å². The van der Waals surface area contributed by atoms with Crippen LogP contribution in [-0.2, 0) is 28.9 Å². The van der Waals surface area contributed by atoms with E-state index in [0.29, 0.717) is 110 Å². The monoisotopic (exact) mass is 1090 g/mol. The number of carboxylic acids is 1. The van der Waals surface area contributed by atoms with Gasteiger partial charge in [0.1, 0.15) is 34.9 Å². The number of nitrogens with two attached hydrogens (primary N) is 1. The van der Waals surface area contributed by atoms with Gasteiger partial charge in [0.2, 0.25) is 29.7 Å². The maximum absolute atomic E-state index is 14.5. The van der Waals surface area contributed by atoms with Crippen molar-refractivity contribution in [1.29, 1.82) is 0 Å². The van der Waals surface area contributed by atoms with Crippen LogP contribution in [0.2, 0.25) is 0 Å².